The van der Waals surface area contributed by atoms with Gasteiger partial charge in [-0.2, -0.15) is 0 Å². The molecule has 9 heavy (non-hydrogen) atoms. The fraction of sp³-hybridized carbons (Fsp3) is 0.833. The minimum Gasteiger partial charge on any atom is -0.229 e. The predicted molar refractivity (Wildman–Crippen MR) is 38.9 cm³/mol. The third-order valence-electron chi connectivity index (χ3n) is 1.15. The SMILES string of the molecule is [CH2]CCCS(=O)(=O)CC. The molecule has 0 fully saturated rings. The molecule has 55 valence electrons. The van der Waals surface area contributed by atoms with Crippen LogP contribution in [0.25, 0.3) is 0 Å². The fourth-order valence-corrected chi connectivity index (χ4v) is 1.40. The maximum Gasteiger partial charge on any atom is 0.150 e. The number of hydrogen-bond acceptors (Lipinski definition) is 2. The van der Waals surface area contributed by atoms with Gasteiger partial charge >= 0.3 is 0 Å². The molecule has 0 spiro atoms. The van der Waals surface area contributed by atoms with Crippen LogP contribution < -0.4 is 0 Å². The highest BCUT2D eigenvalue weighted by molar-refractivity contribution is 7.91. The lowest BCUT2D eigenvalue weighted by molar-refractivity contribution is 0.594. The summed E-state index contributed by atoms with van der Waals surface area (Å²) in [5, 5.41) is 0. The highest BCUT2D eigenvalue weighted by Crippen LogP contribution is 1.94. The summed E-state index contributed by atoms with van der Waals surface area (Å²) < 4.78 is 21.5. The smallest absolute Gasteiger partial charge is 0.150 e. The van der Waals surface area contributed by atoms with Crippen molar-refractivity contribution < 1.29 is 8.42 Å². The molecule has 0 heterocycles. The first-order chi connectivity index (χ1) is 4.12. The van der Waals surface area contributed by atoms with E-state index in [0.717, 1.165) is 0 Å². The van der Waals surface area contributed by atoms with E-state index in [-0.39, 0.29) is 5.75 Å². The standard InChI is InChI=1S/C6H13O2S/c1-3-5-6-9(7,8)4-2/h1,3-6H2,2H3. The zero-order valence-corrected chi connectivity index (χ0v) is 6.58. The van der Waals surface area contributed by atoms with Gasteiger partial charge in [0.05, 0.1) is 5.75 Å². The van der Waals surface area contributed by atoms with Crippen molar-refractivity contribution in [3.8, 4) is 0 Å². The molecule has 1 radical (unpaired) electrons. The van der Waals surface area contributed by atoms with E-state index in [1.165, 1.54) is 0 Å². The second kappa shape index (κ2) is 3.88. The Kier molecular flexibility index (Phi) is 3.86. The Bertz CT molecular complexity index is 146. The van der Waals surface area contributed by atoms with Crippen molar-refractivity contribution in [2.75, 3.05) is 11.5 Å². The average Bonchev–Trinajstić information content (AvgIpc) is 1.84. The monoisotopic (exact) mass is 149 g/mol. The Balaban J connectivity index is 3.61. The Morgan fingerprint density at radius 1 is 1.44 bits per heavy atom. The zero-order chi connectivity index (χ0) is 7.33. The van der Waals surface area contributed by atoms with Gasteiger partial charge in [-0.25, -0.2) is 8.42 Å². The molecule has 0 aromatic heterocycles. The van der Waals surface area contributed by atoms with E-state index in [4.69, 9.17) is 0 Å². The van der Waals surface area contributed by atoms with Gasteiger partial charge in [0.15, 0.2) is 0 Å². The molecule has 0 saturated carbocycles. The van der Waals surface area contributed by atoms with Crippen LogP contribution in [-0.4, -0.2) is 19.9 Å². The van der Waals surface area contributed by atoms with Crippen LogP contribution in [0.15, 0.2) is 0 Å². The Morgan fingerprint density at radius 3 is 2.33 bits per heavy atom. The summed E-state index contributed by atoms with van der Waals surface area (Å²) in [6.45, 7) is 5.22. The van der Waals surface area contributed by atoms with E-state index in [0.29, 0.717) is 18.6 Å². The second-order valence-corrected chi connectivity index (χ2v) is 4.42. The van der Waals surface area contributed by atoms with Gasteiger partial charge < -0.3 is 0 Å². The van der Waals surface area contributed by atoms with E-state index in [1.807, 2.05) is 0 Å². The maximum absolute atomic E-state index is 10.7. The molecule has 0 saturated heterocycles. The number of hydrogen-bond donors (Lipinski definition) is 0. The molecular formula is C6H13O2S. The van der Waals surface area contributed by atoms with Crippen LogP contribution in [0.4, 0.5) is 0 Å². The van der Waals surface area contributed by atoms with Crippen LogP contribution in [0, 0.1) is 6.92 Å². The zero-order valence-electron chi connectivity index (χ0n) is 5.76. The van der Waals surface area contributed by atoms with Crippen molar-refractivity contribution in [2.45, 2.75) is 19.8 Å². The van der Waals surface area contributed by atoms with Crippen LogP contribution in [0.2, 0.25) is 0 Å². The summed E-state index contributed by atoms with van der Waals surface area (Å²) in [4.78, 5) is 0. The average molecular weight is 149 g/mol. The molecule has 0 atom stereocenters. The lowest BCUT2D eigenvalue weighted by Crippen LogP contribution is -2.07. The summed E-state index contributed by atoms with van der Waals surface area (Å²) in [6, 6.07) is 0. The topological polar surface area (TPSA) is 34.1 Å². The third kappa shape index (κ3) is 4.45. The molecular weight excluding hydrogens is 136 g/mol. The first kappa shape index (κ1) is 8.95. The minimum atomic E-state index is -2.72. The van der Waals surface area contributed by atoms with Crippen LogP contribution in [0.1, 0.15) is 19.8 Å². The van der Waals surface area contributed by atoms with Crippen LogP contribution in [0.5, 0.6) is 0 Å². The van der Waals surface area contributed by atoms with Gasteiger partial charge in [-0.15, -0.1) is 0 Å². The second-order valence-electron chi connectivity index (χ2n) is 1.94. The Morgan fingerprint density at radius 2 is 2.00 bits per heavy atom. The van der Waals surface area contributed by atoms with E-state index in [2.05, 4.69) is 6.92 Å². The molecule has 0 unspecified atom stereocenters. The summed E-state index contributed by atoms with van der Waals surface area (Å²) in [6.07, 6.45) is 1.40. The van der Waals surface area contributed by atoms with Gasteiger partial charge in [-0.05, 0) is 6.42 Å². The lowest BCUT2D eigenvalue weighted by atomic mass is 10.4. The third-order valence-corrected chi connectivity index (χ3v) is 2.94. The molecule has 2 nitrogen and oxygen atoms in total. The molecule has 0 aliphatic rings. The van der Waals surface area contributed by atoms with Gasteiger partial charge in [0.1, 0.15) is 9.84 Å². The van der Waals surface area contributed by atoms with Crippen LogP contribution in [-0.2, 0) is 9.84 Å². The summed E-state index contributed by atoms with van der Waals surface area (Å²) >= 11 is 0. The van der Waals surface area contributed by atoms with Crippen molar-refractivity contribution in [2.24, 2.45) is 0 Å². The van der Waals surface area contributed by atoms with E-state index >= 15 is 0 Å². The van der Waals surface area contributed by atoms with Gasteiger partial charge in [0.2, 0.25) is 0 Å². The summed E-state index contributed by atoms with van der Waals surface area (Å²) in [7, 11) is -2.72. The molecule has 0 amide bonds. The van der Waals surface area contributed by atoms with Crippen molar-refractivity contribution in [1.29, 1.82) is 0 Å². The normalized spacial score (nSPS) is 11.8. The molecule has 0 aromatic carbocycles. The molecule has 0 aliphatic carbocycles. The van der Waals surface area contributed by atoms with E-state index in [1.54, 1.807) is 6.92 Å². The van der Waals surface area contributed by atoms with Crippen molar-refractivity contribution in [1.82, 2.24) is 0 Å². The van der Waals surface area contributed by atoms with Gasteiger partial charge in [0.25, 0.3) is 0 Å². The first-order valence-electron chi connectivity index (χ1n) is 3.12. The van der Waals surface area contributed by atoms with Crippen molar-refractivity contribution >= 4 is 9.84 Å². The van der Waals surface area contributed by atoms with Crippen LogP contribution in [0.3, 0.4) is 0 Å². The Hall–Kier alpha value is -0.0500. The number of sulfone groups is 1. The van der Waals surface area contributed by atoms with Gasteiger partial charge in [-0.1, -0.05) is 20.3 Å². The number of unbranched alkanes of at least 4 members (excludes halogenated alkanes) is 1. The molecule has 0 N–H and O–H groups in total. The largest absolute Gasteiger partial charge is 0.229 e. The molecule has 0 aliphatic heterocycles. The summed E-state index contributed by atoms with van der Waals surface area (Å²) in [5.41, 5.74) is 0. The van der Waals surface area contributed by atoms with Gasteiger partial charge in [-0.3, -0.25) is 0 Å². The number of rotatable bonds is 4. The van der Waals surface area contributed by atoms with E-state index in [9.17, 15) is 8.42 Å². The van der Waals surface area contributed by atoms with E-state index < -0.39 is 9.84 Å². The first-order valence-corrected chi connectivity index (χ1v) is 4.94. The molecule has 0 aromatic rings. The Labute approximate surface area is 57.2 Å². The van der Waals surface area contributed by atoms with Crippen LogP contribution >= 0.6 is 0 Å². The highest BCUT2D eigenvalue weighted by Gasteiger charge is 2.04. The minimum absolute atomic E-state index is 0.257. The van der Waals surface area contributed by atoms with Crippen molar-refractivity contribution in [3.05, 3.63) is 6.92 Å². The summed E-state index contributed by atoms with van der Waals surface area (Å²) in [5.74, 6) is 0.556. The molecule has 0 rings (SSSR count). The predicted octanol–water partition coefficient (Wildman–Crippen LogP) is 1.04. The molecule has 3 heteroatoms. The lowest BCUT2D eigenvalue weighted by Gasteiger charge is -1.96. The quantitative estimate of drug-likeness (QED) is 0.598. The molecule has 0 bridgehead atoms. The van der Waals surface area contributed by atoms with Crippen molar-refractivity contribution in [3.63, 3.8) is 0 Å². The van der Waals surface area contributed by atoms with Gasteiger partial charge in [0, 0.05) is 5.75 Å². The maximum atomic E-state index is 10.7. The fourth-order valence-electron chi connectivity index (χ4n) is 0.466. The highest BCUT2D eigenvalue weighted by atomic mass is 32.2.